The first-order chi connectivity index (χ1) is 11.1. The summed E-state index contributed by atoms with van der Waals surface area (Å²) in [6.07, 6.45) is 2.26. The first kappa shape index (κ1) is 15.8. The molecule has 1 N–H and O–H groups in total. The minimum absolute atomic E-state index is 0.197. The number of aryl methyl sites for hydroxylation is 1. The van der Waals surface area contributed by atoms with E-state index < -0.39 is 0 Å². The molecule has 0 saturated heterocycles. The van der Waals surface area contributed by atoms with E-state index in [1.165, 1.54) is 11.8 Å². The number of hydrogen-bond donors (Lipinski definition) is 1. The molecule has 0 bridgehead atoms. The summed E-state index contributed by atoms with van der Waals surface area (Å²) in [5.74, 6) is 0.858. The lowest BCUT2D eigenvalue weighted by Gasteiger charge is -2.08. The van der Waals surface area contributed by atoms with Gasteiger partial charge in [0.15, 0.2) is 5.16 Å². The number of carbonyl (C=O) groups is 1. The highest BCUT2D eigenvalue weighted by molar-refractivity contribution is 7.99. The van der Waals surface area contributed by atoms with E-state index in [1.54, 1.807) is 18.2 Å². The second kappa shape index (κ2) is 6.60. The van der Waals surface area contributed by atoms with Crippen LogP contribution in [-0.2, 0) is 4.79 Å². The summed E-state index contributed by atoms with van der Waals surface area (Å²) >= 11 is 7.25. The van der Waals surface area contributed by atoms with Crippen LogP contribution in [0.2, 0.25) is 5.02 Å². The highest BCUT2D eigenvalue weighted by Gasteiger charge is 2.28. The Hall–Kier alpha value is -2.04. The van der Waals surface area contributed by atoms with E-state index >= 15 is 0 Å². The molecule has 1 amide bonds. The van der Waals surface area contributed by atoms with Gasteiger partial charge in [-0.25, -0.2) is 0 Å². The minimum Gasteiger partial charge on any atom is -0.324 e. The van der Waals surface area contributed by atoms with Gasteiger partial charge in [0.25, 0.3) is 0 Å². The summed E-state index contributed by atoms with van der Waals surface area (Å²) in [5.41, 5.74) is 0.801. The van der Waals surface area contributed by atoms with Crippen molar-refractivity contribution in [3.8, 4) is 6.07 Å². The number of carbonyl (C=O) groups excluding carboxylic acids is 1. The monoisotopic (exact) mass is 347 g/mol. The van der Waals surface area contributed by atoms with Gasteiger partial charge < -0.3 is 9.88 Å². The van der Waals surface area contributed by atoms with Crippen molar-refractivity contribution < 1.29 is 4.79 Å². The maximum absolute atomic E-state index is 12.1. The third-order valence-corrected chi connectivity index (χ3v) is 4.63. The van der Waals surface area contributed by atoms with Gasteiger partial charge in [0.2, 0.25) is 5.91 Å². The summed E-state index contributed by atoms with van der Waals surface area (Å²) in [5, 5.41) is 21.2. The van der Waals surface area contributed by atoms with Gasteiger partial charge in [0, 0.05) is 11.1 Å². The first-order valence-corrected chi connectivity index (χ1v) is 8.48. The summed E-state index contributed by atoms with van der Waals surface area (Å²) in [6.45, 7) is 1.92. The van der Waals surface area contributed by atoms with E-state index in [2.05, 4.69) is 20.1 Å². The lowest BCUT2D eigenvalue weighted by atomic mass is 10.2. The number of amides is 1. The van der Waals surface area contributed by atoms with Crippen molar-refractivity contribution in [3.63, 3.8) is 0 Å². The molecule has 1 aliphatic carbocycles. The molecular weight excluding hydrogens is 334 g/mol. The largest absolute Gasteiger partial charge is 0.324 e. The van der Waals surface area contributed by atoms with E-state index in [1.807, 2.05) is 13.0 Å². The van der Waals surface area contributed by atoms with Crippen molar-refractivity contribution in [3.05, 3.63) is 34.6 Å². The van der Waals surface area contributed by atoms with Crippen LogP contribution in [0.15, 0.2) is 23.4 Å². The average molecular weight is 348 g/mol. The SMILES string of the molecule is Cc1nnc(SCC(=O)Nc2cc(Cl)ccc2C#N)n1C1CC1. The zero-order valence-corrected chi connectivity index (χ0v) is 14.0. The third-order valence-electron chi connectivity index (χ3n) is 3.46. The number of hydrogen-bond acceptors (Lipinski definition) is 5. The van der Waals surface area contributed by atoms with Crippen LogP contribution in [0, 0.1) is 18.3 Å². The van der Waals surface area contributed by atoms with E-state index in [4.69, 9.17) is 16.9 Å². The zero-order chi connectivity index (χ0) is 16.4. The van der Waals surface area contributed by atoms with Gasteiger partial charge in [-0.2, -0.15) is 5.26 Å². The Morgan fingerprint density at radius 1 is 1.52 bits per heavy atom. The molecule has 1 aromatic heterocycles. The van der Waals surface area contributed by atoms with Crippen molar-refractivity contribution in [2.75, 3.05) is 11.1 Å². The van der Waals surface area contributed by atoms with Gasteiger partial charge in [0.1, 0.15) is 11.9 Å². The Labute approximate surface area is 142 Å². The number of nitriles is 1. The van der Waals surface area contributed by atoms with Crippen molar-refractivity contribution in [2.24, 2.45) is 0 Å². The highest BCUT2D eigenvalue weighted by atomic mass is 35.5. The van der Waals surface area contributed by atoms with Gasteiger partial charge in [-0.15, -0.1) is 10.2 Å². The molecule has 8 heteroatoms. The van der Waals surface area contributed by atoms with Crippen LogP contribution < -0.4 is 5.32 Å². The standard InChI is InChI=1S/C15H14ClN5OS/c1-9-19-20-15(21(9)12-4-5-12)23-8-14(22)18-13-6-11(16)3-2-10(13)7-17/h2-3,6,12H,4-5,8H2,1H3,(H,18,22). The second-order valence-electron chi connectivity index (χ2n) is 5.27. The van der Waals surface area contributed by atoms with Crippen LogP contribution in [0.1, 0.15) is 30.3 Å². The van der Waals surface area contributed by atoms with Crippen LogP contribution in [0.25, 0.3) is 0 Å². The van der Waals surface area contributed by atoms with Crippen molar-refractivity contribution >= 4 is 35.0 Å². The number of anilines is 1. The number of nitrogens with one attached hydrogen (secondary N) is 1. The molecule has 1 heterocycles. The Kier molecular flexibility index (Phi) is 4.55. The van der Waals surface area contributed by atoms with Crippen LogP contribution in [0.4, 0.5) is 5.69 Å². The Bertz CT molecular complexity index is 794. The van der Waals surface area contributed by atoms with Gasteiger partial charge in [0.05, 0.1) is 17.0 Å². The number of rotatable bonds is 5. The fourth-order valence-corrected chi connectivity index (χ4v) is 3.26. The third kappa shape index (κ3) is 3.66. The number of halogens is 1. The first-order valence-electron chi connectivity index (χ1n) is 7.12. The summed E-state index contributed by atoms with van der Waals surface area (Å²) in [6, 6.07) is 7.26. The molecule has 3 rings (SSSR count). The van der Waals surface area contributed by atoms with E-state index in [0.717, 1.165) is 23.8 Å². The molecule has 1 aromatic carbocycles. The highest BCUT2D eigenvalue weighted by Crippen LogP contribution is 2.38. The Morgan fingerprint density at radius 2 is 2.30 bits per heavy atom. The van der Waals surface area contributed by atoms with Crippen molar-refractivity contribution in [1.29, 1.82) is 5.26 Å². The van der Waals surface area contributed by atoms with E-state index in [-0.39, 0.29) is 11.7 Å². The maximum atomic E-state index is 12.1. The van der Waals surface area contributed by atoms with Gasteiger partial charge in [-0.1, -0.05) is 23.4 Å². The van der Waals surface area contributed by atoms with Crippen LogP contribution in [0.3, 0.4) is 0 Å². The summed E-state index contributed by atoms with van der Waals surface area (Å²) in [4.78, 5) is 12.1. The zero-order valence-electron chi connectivity index (χ0n) is 12.4. The van der Waals surface area contributed by atoms with Crippen molar-refractivity contribution in [2.45, 2.75) is 31.0 Å². The molecule has 1 saturated carbocycles. The minimum atomic E-state index is -0.211. The maximum Gasteiger partial charge on any atom is 0.234 e. The molecule has 0 atom stereocenters. The molecule has 6 nitrogen and oxygen atoms in total. The van der Waals surface area contributed by atoms with Crippen LogP contribution in [0.5, 0.6) is 0 Å². The molecule has 0 aliphatic heterocycles. The summed E-state index contributed by atoms with van der Waals surface area (Å²) < 4.78 is 2.08. The van der Waals surface area contributed by atoms with Crippen LogP contribution >= 0.6 is 23.4 Å². The lowest BCUT2D eigenvalue weighted by molar-refractivity contribution is -0.113. The molecule has 0 unspecified atom stereocenters. The molecule has 118 valence electrons. The van der Waals surface area contributed by atoms with Crippen molar-refractivity contribution in [1.82, 2.24) is 14.8 Å². The molecule has 1 aliphatic rings. The van der Waals surface area contributed by atoms with Gasteiger partial charge >= 0.3 is 0 Å². The smallest absolute Gasteiger partial charge is 0.234 e. The quantitative estimate of drug-likeness (QED) is 0.840. The predicted molar refractivity (Wildman–Crippen MR) is 88.6 cm³/mol. The number of benzene rings is 1. The topological polar surface area (TPSA) is 83.6 Å². The molecule has 0 radical (unpaired) electrons. The second-order valence-corrected chi connectivity index (χ2v) is 6.65. The fourth-order valence-electron chi connectivity index (χ4n) is 2.24. The van der Waals surface area contributed by atoms with Gasteiger partial charge in [-0.05, 0) is 38.0 Å². The normalized spacial score (nSPS) is 13.6. The number of nitrogens with zero attached hydrogens (tertiary/aromatic N) is 4. The van der Waals surface area contributed by atoms with Crippen LogP contribution in [-0.4, -0.2) is 26.4 Å². The fraction of sp³-hybridized carbons (Fsp3) is 0.333. The summed E-state index contributed by atoms with van der Waals surface area (Å²) in [7, 11) is 0. The molecule has 2 aromatic rings. The molecule has 0 spiro atoms. The van der Waals surface area contributed by atoms with E-state index in [0.29, 0.717) is 22.3 Å². The average Bonchev–Trinajstić information content (AvgIpc) is 3.29. The molecular formula is C15H14ClN5OS. The Balaban J connectivity index is 1.65. The Morgan fingerprint density at radius 3 is 3.00 bits per heavy atom. The lowest BCUT2D eigenvalue weighted by Crippen LogP contribution is -2.15. The van der Waals surface area contributed by atoms with Gasteiger partial charge in [-0.3, -0.25) is 4.79 Å². The predicted octanol–water partition coefficient (Wildman–Crippen LogP) is 3.18. The number of thioether (sulfide) groups is 1. The number of aromatic nitrogens is 3. The molecule has 23 heavy (non-hydrogen) atoms. The van der Waals surface area contributed by atoms with E-state index in [9.17, 15) is 4.79 Å². The molecule has 1 fully saturated rings.